The lowest BCUT2D eigenvalue weighted by Gasteiger charge is -2.17. The van der Waals surface area contributed by atoms with E-state index in [4.69, 9.17) is 0 Å². The van der Waals surface area contributed by atoms with Crippen molar-refractivity contribution in [2.45, 2.75) is 33.2 Å². The molecule has 0 bridgehead atoms. The van der Waals surface area contributed by atoms with Crippen LogP contribution < -0.4 is 10.2 Å². The van der Waals surface area contributed by atoms with Gasteiger partial charge in [0.1, 0.15) is 0 Å². The minimum Gasteiger partial charge on any atom is -0.372 e. The predicted molar refractivity (Wildman–Crippen MR) is 88.5 cm³/mol. The molecule has 0 radical (unpaired) electrons. The average molecular weight is 298 g/mol. The van der Waals surface area contributed by atoms with Crippen molar-refractivity contribution in [3.8, 4) is 0 Å². The molecule has 1 aromatic heterocycles. The number of nitrogens with one attached hydrogen (secondary N) is 1. The first-order valence-corrected chi connectivity index (χ1v) is 7.88. The van der Waals surface area contributed by atoms with Crippen molar-refractivity contribution in [3.63, 3.8) is 0 Å². The SMILES string of the molecule is CCn1nc(C(=O)Nc2ccc(N3CCCC3)cc2)cc1C. The number of carbonyl (C=O) groups excluding carboxylic acids is 1. The number of aromatic nitrogens is 2. The number of hydrogen-bond donors (Lipinski definition) is 1. The van der Waals surface area contributed by atoms with Gasteiger partial charge < -0.3 is 10.2 Å². The van der Waals surface area contributed by atoms with Gasteiger partial charge in [0, 0.05) is 36.7 Å². The first-order valence-electron chi connectivity index (χ1n) is 7.88. The van der Waals surface area contributed by atoms with E-state index in [2.05, 4.69) is 27.4 Å². The summed E-state index contributed by atoms with van der Waals surface area (Å²) in [7, 11) is 0. The van der Waals surface area contributed by atoms with E-state index >= 15 is 0 Å². The number of carbonyl (C=O) groups is 1. The van der Waals surface area contributed by atoms with Crippen LogP contribution in [-0.4, -0.2) is 28.8 Å². The van der Waals surface area contributed by atoms with Crippen molar-refractivity contribution in [2.75, 3.05) is 23.3 Å². The predicted octanol–water partition coefficient (Wildman–Crippen LogP) is 3.06. The summed E-state index contributed by atoms with van der Waals surface area (Å²) in [6.07, 6.45) is 2.52. The Morgan fingerprint density at radius 3 is 2.50 bits per heavy atom. The fraction of sp³-hybridized carbons (Fsp3) is 0.412. The molecule has 0 aliphatic carbocycles. The maximum atomic E-state index is 12.2. The zero-order chi connectivity index (χ0) is 15.5. The molecule has 1 amide bonds. The third-order valence-electron chi connectivity index (χ3n) is 4.11. The first-order chi connectivity index (χ1) is 10.7. The zero-order valence-electron chi connectivity index (χ0n) is 13.2. The van der Waals surface area contributed by atoms with Crippen LogP contribution in [0.25, 0.3) is 0 Å². The Labute approximate surface area is 130 Å². The molecule has 1 N–H and O–H groups in total. The van der Waals surface area contributed by atoms with Crippen LogP contribution in [0.2, 0.25) is 0 Å². The number of benzene rings is 1. The maximum absolute atomic E-state index is 12.2. The van der Waals surface area contributed by atoms with E-state index in [0.29, 0.717) is 5.69 Å². The molecule has 0 saturated carbocycles. The molecule has 0 unspecified atom stereocenters. The van der Waals surface area contributed by atoms with Crippen molar-refractivity contribution in [2.24, 2.45) is 0 Å². The molecule has 1 aromatic carbocycles. The lowest BCUT2D eigenvalue weighted by Crippen LogP contribution is -2.17. The monoisotopic (exact) mass is 298 g/mol. The Bertz CT molecular complexity index is 654. The molecule has 5 nitrogen and oxygen atoms in total. The summed E-state index contributed by atoms with van der Waals surface area (Å²) in [6, 6.07) is 9.86. The standard InChI is InChI=1S/C17H22N4O/c1-3-21-13(2)12-16(19-21)17(22)18-14-6-8-15(9-7-14)20-10-4-5-11-20/h6-9,12H,3-5,10-11H2,1-2H3,(H,18,22). The van der Waals surface area contributed by atoms with Crippen molar-refractivity contribution in [1.29, 1.82) is 0 Å². The molecule has 2 aromatic rings. The molecule has 1 aliphatic heterocycles. The van der Waals surface area contributed by atoms with Crippen molar-refractivity contribution < 1.29 is 4.79 Å². The highest BCUT2D eigenvalue weighted by atomic mass is 16.1. The average Bonchev–Trinajstić information content (AvgIpc) is 3.17. The minimum absolute atomic E-state index is 0.163. The lowest BCUT2D eigenvalue weighted by atomic mass is 10.2. The van der Waals surface area contributed by atoms with Crippen LogP contribution in [0.5, 0.6) is 0 Å². The fourth-order valence-corrected chi connectivity index (χ4v) is 2.87. The second-order valence-electron chi connectivity index (χ2n) is 5.68. The van der Waals surface area contributed by atoms with E-state index in [0.717, 1.165) is 31.0 Å². The van der Waals surface area contributed by atoms with Gasteiger partial charge in [-0.3, -0.25) is 9.48 Å². The van der Waals surface area contributed by atoms with Gasteiger partial charge in [0.25, 0.3) is 5.91 Å². The molecule has 1 aliphatic rings. The zero-order valence-corrected chi connectivity index (χ0v) is 13.2. The van der Waals surface area contributed by atoms with E-state index in [-0.39, 0.29) is 5.91 Å². The largest absolute Gasteiger partial charge is 0.372 e. The number of nitrogens with zero attached hydrogens (tertiary/aromatic N) is 3. The molecular weight excluding hydrogens is 276 g/mol. The summed E-state index contributed by atoms with van der Waals surface area (Å²) in [4.78, 5) is 14.6. The molecule has 22 heavy (non-hydrogen) atoms. The van der Waals surface area contributed by atoms with Crippen LogP contribution in [0.15, 0.2) is 30.3 Å². The van der Waals surface area contributed by atoms with Crippen molar-refractivity contribution in [1.82, 2.24) is 9.78 Å². The second kappa shape index (κ2) is 6.22. The van der Waals surface area contributed by atoms with Crippen LogP contribution >= 0.6 is 0 Å². The number of aryl methyl sites for hydroxylation is 2. The van der Waals surface area contributed by atoms with Gasteiger partial charge in [0.2, 0.25) is 0 Å². The highest BCUT2D eigenvalue weighted by Gasteiger charge is 2.14. The van der Waals surface area contributed by atoms with Crippen LogP contribution in [0.1, 0.15) is 35.9 Å². The molecular formula is C17H22N4O. The van der Waals surface area contributed by atoms with Gasteiger partial charge in [-0.25, -0.2) is 0 Å². The van der Waals surface area contributed by atoms with Crippen molar-refractivity contribution in [3.05, 3.63) is 41.7 Å². The Morgan fingerprint density at radius 1 is 1.23 bits per heavy atom. The van der Waals surface area contributed by atoms with Crippen LogP contribution in [0.4, 0.5) is 11.4 Å². The highest BCUT2D eigenvalue weighted by Crippen LogP contribution is 2.22. The van der Waals surface area contributed by atoms with Gasteiger partial charge in [0.05, 0.1) is 0 Å². The minimum atomic E-state index is -0.163. The Hall–Kier alpha value is -2.30. The van der Waals surface area contributed by atoms with Gasteiger partial charge in [-0.15, -0.1) is 0 Å². The number of rotatable bonds is 4. The summed E-state index contributed by atoms with van der Waals surface area (Å²) in [6.45, 7) is 6.99. The molecule has 1 saturated heterocycles. The number of anilines is 2. The summed E-state index contributed by atoms with van der Waals surface area (Å²) < 4.78 is 1.82. The third kappa shape index (κ3) is 2.98. The molecule has 5 heteroatoms. The summed E-state index contributed by atoms with van der Waals surface area (Å²) in [5.74, 6) is -0.163. The molecule has 3 rings (SSSR count). The van der Waals surface area contributed by atoms with E-state index in [9.17, 15) is 4.79 Å². The van der Waals surface area contributed by atoms with E-state index in [1.54, 1.807) is 0 Å². The molecule has 116 valence electrons. The number of amides is 1. The van der Waals surface area contributed by atoms with Crippen LogP contribution in [-0.2, 0) is 6.54 Å². The normalized spacial score (nSPS) is 14.4. The van der Waals surface area contributed by atoms with Gasteiger partial charge in [0.15, 0.2) is 5.69 Å². The van der Waals surface area contributed by atoms with E-state index in [1.807, 2.05) is 36.7 Å². The second-order valence-corrected chi connectivity index (χ2v) is 5.68. The van der Waals surface area contributed by atoms with Crippen molar-refractivity contribution >= 4 is 17.3 Å². The summed E-state index contributed by atoms with van der Waals surface area (Å²) in [5.41, 5.74) is 3.48. The van der Waals surface area contributed by atoms with E-state index in [1.165, 1.54) is 18.5 Å². The Morgan fingerprint density at radius 2 is 1.91 bits per heavy atom. The van der Waals surface area contributed by atoms with Gasteiger partial charge in [-0.2, -0.15) is 5.10 Å². The maximum Gasteiger partial charge on any atom is 0.276 e. The topological polar surface area (TPSA) is 50.2 Å². The lowest BCUT2D eigenvalue weighted by molar-refractivity contribution is 0.102. The Balaban J connectivity index is 1.68. The highest BCUT2D eigenvalue weighted by molar-refractivity contribution is 6.03. The summed E-state index contributed by atoms with van der Waals surface area (Å²) >= 11 is 0. The molecule has 1 fully saturated rings. The van der Waals surface area contributed by atoms with Crippen LogP contribution in [0.3, 0.4) is 0 Å². The quantitative estimate of drug-likeness (QED) is 0.943. The molecule has 2 heterocycles. The third-order valence-corrected chi connectivity index (χ3v) is 4.11. The Kier molecular flexibility index (Phi) is 4.13. The smallest absolute Gasteiger partial charge is 0.276 e. The van der Waals surface area contributed by atoms with Gasteiger partial charge in [-0.1, -0.05) is 0 Å². The molecule has 0 atom stereocenters. The van der Waals surface area contributed by atoms with Gasteiger partial charge in [-0.05, 0) is 57.0 Å². The number of hydrogen-bond acceptors (Lipinski definition) is 3. The molecule has 0 spiro atoms. The fourth-order valence-electron chi connectivity index (χ4n) is 2.87. The summed E-state index contributed by atoms with van der Waals surface area (Å²) in [5, 5.41) is 7.21. The van der Waals surface area contributed by atoms with E-state index < -0.39 is 0 Å². The first kappa shape index (κ1) is 14.6. The van der Waals surface area contributed by atoms with Gasteiger partial charge >= 0.3 is 0 Å². The van der Waals surface area contributed by atoms with Crippen LogP contribution in [0, 0.1) is 6.92 Å².